The fraction of sp³-hybridized carbons (Fsp3) is 0.538. The molecule has 3 unspecified atom stereocenters. The Kier molecular flexibility index (Phi) is 3.72. The maximum atomic E-state index is 13.3. The molecule has 104 valence electrons. The summed E-state index contributed by atoms with van der Waals surface area (Å²) >= 11 is 0. The zero-order chi connectivity index (χ0) is 13.3. The third-order valence-corrected chi connectivity index (χ3v) is 4.71. The molecule has 2 aliphatic heterocycles. The molecule has 0 saturated carbocycles. The molecule has 2 saturated heterocycles. The average molecular weight is 285 g/mol. The van der Waals surface area contributed by atoms with Crippen LogP contribution in [-0.4, -0.2) is 30.7 Å². The highest BCUT2D eigenvalue weighted by Crippen LogP contribution is 2.55. The third-order valence-electron chi connectivity index (χ3n) is 3.73. The molecule has 4 nitrogen and oxygen atoms in total. The molecule has 2 aliphatic rings. The number of rotatable bonds is 2. The SMILES string of the molecule is O=P1(F)OCC2CCN(Cc3ccccc3)CC2O1. The van der Waals surface area contributed by atoms with Crippen LogP contribution in [0.3, 0.4) is 0 Å². The highest BCUT2D eigenvalue weighted by Gasteiger charge is 2.42. The van der Waals surface area contributed by atoms with Crippen LogP contribution in [0, 0.1) is 5.92 Å². The summed E-state index contributed by atoms with van der Waals surface area (Å²) in [6.07, 6.45) is 0.569. The normalized spacial score (nSPS) is 35.8. The van der Waals surface area contributed by atoms with E-state index < -0.39 is 7.91 Å². The number of benzene rings is 1. The van der Waals surface area contributed by atoms with Gasteiger partial charge in [-0.15, -0.1) is 4.20 Å². The lowest BCUT2D eigenvalue weighted by molar-refractivity contribution is -0.0378. The van der Waals surface area contributed by atoms with E-state index in [0.29, 0.717) is 6.54 Å². The van der Waals surface area contributed by atoms with E-state index in [4.69, 9.17) is 4.52 Å². The van der Waals surface area contributed by atoms with Crippen LogP contribution in [0.2, 0.25) is 0 Å². The lowest BCUT2D eigenvalue weighted by Crippen LogP contribution is -2.47. The van der Waals surface area contributed by atoms with Crippen LogP contribution in [0.5, 0.6) is 0 Å². The Balaban J connectivity index is 1.63. The quantitative estimate of drug-likeness (QED) is 0.783. The van der Waals surface area contributed by atoms with E-state index in [1.165, 1.54) is 5.56 Å². The number of fused-ring (bicyclic) bond motifs is 1. The second-order valence-electron chi connectivity index (χ2n) is 5.14. The molecule has 1 aromatic carbocycles. The summed E-state index contributed by atoms with van der Waals surface area (Å²) < 4.78 is 34.1. The van der Waals surface area contributed by atoms with Crippen molar-refractivity contribution in [1.29, 1.82) is 0 Å². The van der Waals surface area contributed by atoms with Gasteiger partial charge in [0.1, 0.15) is 0 Å². The summed E-state index contributed by atoms with van der Waals surface area (Å²) in [5.41, 5.74) is 1.22. The van der Waals surface area contributed by atoms with Crippen molar-refractivity contribution in [3.05, 3.63) is 35.9 Å². The molecule has 6 heteroatoms. The van der Waals surface area contributed by atoms with Gasteiger partial charge in [-0.25, -0.2) is 4.57 Å². The first-order valence-corrected chi connectivity index (χ1v) is 7.95. The second-order valence-corrected chi connectivity index (χ2v) is 6.47. The van der Waals surface area contributed by atoms with Crippen LogP contribution in [-0.2, 0) is 20.2 Å². The van der Waals surface area contributed by atoms with Crippen LogP contribution in [0.1, 0.15) is 12.0 Å². The zero-order valence-electron chi connectivity index (χ0n) is 10.6. The maximum absolute atomic E-state index is 13.3. The van der Waals surface area contributed by atoms with Crippen molar-refractivity contribution in [1.82, 2.24) is 4.90 Å². The van der Waals surface area contributed by atoms with Crippen LogP contribution >= 0.6 is 7.91 Å². The van der Waals surface area contributed by atoms with Crippen molar-refractivity contribution in [2.24, 2.45) is 5.92 Å². The number of likely N-dealkylation sites (tertiary alicyclic amines) is 1. The molecule has 1 aromatic rings. The van der Waals surface area contributed by atoms with Crippen molar-refractivity contribution >= 4 is 7.91 Å². The zero-order valence-corrected chi connectivity index (χ0v) is 11.5. The first kappa shape index (κ1) is 13.3. The molecular weight excluding hydrogens is 268 g/mol. The Hall–Kier alpha value is -0.740. The molecular formula is C13H17FNO3P. The molecule has 0 spiro atoms. The van der Waals surface area contributed by atoms with Crippen molar-refractivity contribution < 1.29 is 17.8 Å². The molecule has 0 N–H and O–H groups in total. The predicted molar refractivity (Wildman–Crippen MR) is 69.4 cm³/mol. The molecule has 19 heavy (non-hydrogen) atoms. The molecule has 3 rings (SSSR count). The number of hydrogen-bond acceptors (Lipinski definition) is 4. The molecule has 0 aromatic heterocycles. The van der Waals surface area contributed by atoms with Gasteiger partial charge in [0, 0.05) is 19.0 Å². The molecule has 0 bridgehead atoms. The molecule has 3 atom stereocenters. The first-order valence-electron chi connectivity index (χ1n) is 6.51. The monoisotopic (exact) mass is 285 g/mol. The van der Waals surface area contributed by atoms with Gasteiger partial charge < -0.3 is 0 Å². The summed E-state index contributed by atoms with van der Waals surface area (Å²) in [5, 5.41) is 0. The average Bonchev–Trinajstić information content (AvgIpc) is 2.38. The minimum absolute atomic E-state index is 0.157. The Bertz CT molecular complexity index is 484. The van der Waals surface area contributed by atoms with Crippen molar-refractivity contribution in [3.63, 3.8) is 0 Å². The van der Waals surface area contributed by atoms with E-state index in [9.17, 15) is 8.76 Å². The minimum Gasteiger partial charge on any atom is -0.296 e. The summed E-state index contributed by atoms with van der Waals surface area (Å²) in [7, 11) is -4.31. The van der Waals surface area contributed by atoms with E-state index in [-0.39, 0.29) is 18.6 Å². The van der Waals surface area contributed by atoms with Crippen LogP contribution in [0.15, 0.2) is 30.3 Å². The predicted octanol–water partition coefficient (Wildman–Crippen LogP) is 3.00. The second kappa shape index (κ2) is 5.33. The van der Waals surface area contributed by atoms with Crippen molar-refractivity contribution in [2.45, 2.75) is 19.1 Å². The summed E-state index contributed by atoms with van der Waals surface area (Å²) in [4.78, 5) is 2.21. The summed E-state index contributed by atoms with van der Waals surface area (Å²) in [5.74, 6) is 0.157. The van der Waals surface area contributed by atoms with Gasteiger partial charge in [-0.1, -0.05) is 30.3 Å². The van der Waals surface area contributed by atoms with Gasteiger partial charge in [0.15, 0.2) is 0 Å². The molecule has 0 radical (unpaired) electrons. The standard InChI is InChI=1S/C13H17FNO3P/c14-19(16)17-10-12-6-7-15(9-13(12)18-19)8-11-4-2-1-3-5-11/h1-5,12-13H,6-10H2. The van der Waals surface area contributed by atoms with Crippen molar-refractivity contribution in [3.8, 4) is 0 Å². The Labute approximate surface area is 112 Å². The van der Waals surface area contributed by atoms with Gasteiger partial charge in [-0.2, -0.15) is 0 Å². The van der Waals surface area contributed by atoms with E-state index in [0.717, 1.165) is 19.5 Å². The molecule has 0 amide bonds. The van der Waals surface area contributed by atoms with Gasteiger partial charge in [0.2, 0.25) is 0 Å². The van der Waals surface area contributed by atoms with E-state index in [1.54, 1.807) is 0 Å². The number of hydrogen-bond donors (Lipinski definition) is 0. The van der Waals surface area contributed by atoms with Crippen LogP contribution in [0.4, 0.5) is 4.20 Å². The lowest BCUT2D eigenvalue weighted by Gasteiger charge is -2.40. The minimum atomic E-state index is -4.31. The van der Waals surface area contributed by atoms with Crippen LogP contribution < -0.4 is 0 Å². The molecule has 2 fully saturated rings. The topological polar surface area (TPSA) is 38.8 Å². The largest absolute Gasteiger partial charge is 0.513 e. The third kappa shape index (κ3) is 3.23. The fourth-order valence-corrected chi connectivity index (χ4v) is 3.69. The van der Waals surface area contributed by atoms with Gasteiger partial charge >= 0.3 is 7.91 Å². The van der Waals surface area contributed by atoms with Crippen molar-refractivity contribution in [2.75, 3.05) is 19.7 Å². The number of piperidine rings is 1. The Morgan fingerprint density at radius 2 is 2.16 bits per heavy atom. The number of halogens is 1. The van der Waals surface area contributed by atoms with Gasteiger partial charge in [0.25, 0.3) is 0 Å². The molecule has 0 aliphatic carbocycles. The first-order chi connectivity index (χ1) is 9.12. The maximum Gasteiger partial charge on any atom is 0.513 e. The van der Waals surface area contributed by atoms with E-state index in [1.807, 2.05) is 18.2 Å². The summed E-state index contributed by atoms with van der Waals surface area (Å²) in [6, 6.07) is 10.1. The van der Waals surface area contributed by atoms with Gasteiger partial charge in [0.05, 0.1) is 12.7 Å². The van der Waals surface area contributed by atoms with E-state index in [2.05, 4.69) is 21.6 Å². The van der Waals surface area contributed by atoms with Crippen LogP contribution in [0.25, 0.3) is 0 Å². The summed E-state index contributed by atoms with van der Waals surface area (Å²) in [6.45, 7) is 2.55. The van der Waals surface area contributed by atoms with Gasteiger partial charge in [-0.05, 0) is 18.5 Å². The van der Waals surface area contributed by atoms with E-state index >= 15 is 0 Å². The molecule has 2 heterocycles. The Morgan fingerprint density at radius 3 is 2.95 bits per heavy atom. The lowest BCUT2D eigenvalue weighted by atomic mass is 9.94. The van der Waals surface area contributed by atoms with Gasteiger partial charge in [-0.3, -0.25) is 13.9 Å². The highest BCUT2D eigenvalue weighted by atomic mass is 31.2. The highest BCUT2D eigenvalue weighted by molar-refractivity contribution is 7.48. The number of nitrogens with zero attached hydrogens (tertiary/aromatic N) is 1. The Morgan fingerprint density at radius 1 is 1.37 bits per heavy atom. The fourth-order valence-electron chi connectivity index (χ4n) is 2.70. The smallest absolute Gasteiger partial charge is 0.296 e.